The molecule has 0 aromatic carbocycles. The fourth-order valence-electron chi connectivity index (χ4n) is 3.23. The number of amides is 2. The third-order valence-electron chi connectivity index (χ3n) is 4.85. The molecule has 2 amide bonds. The Morgan fingerprint density at radius 1 is 1.22 bits per heavy atom. The van der Waals surface area contributed by atoms with Crippen LogP contribution in [0.15, 0.2) is 35.9 Å². The van der Waals surface area contributed by atoms with Crippen LogP contribution in [0.4, 0.5) is 10.5 Å². The molecule has 0 atom stereocenters. The van der Waals surface area contributed by atoms with Crippen molar-refractivity contribution in [3.05, 3.63) is 58.1 Å². The zero-order valence-corrected chi connectivity index (χ0v) is 22.8. The summed E-state index contributed by atoms with van der Waals surface area (Å²) in [5, 5.41) is 3.84. The van der Waals surface area contributed by atoms with E-state index in [9.17, 15) is 18.0 Å². The summed E-state index contributed by atoms with van der Waals surface area (Å²) < 4.78 is 33.2. The second kappa shape index (κ2) is 11.3. The highest BCUT2D eigenvalue weighted by atomic mass is 35.5. The number of carbonyl (C=O) groups is 2. The number of rotatable bonds is 8. The lowest BCUT2D eigenvalue weighted by atomic mass is 10.2. The Labute approximate surface area is 220 Å². The van der Waals surface area contributed by atoms with Crippen LogP contribution in [0.25, 0.3) is 11.2 Å². The summed E-state index contributed by atoms with van der Waals surface area (Å²) in [6.07, 6.45) is 3.65. The van der Waals surface area contributed by atoms with Gasteiger partial charge in [0.1, 0.15) is 22.6 Å². The summed E-state index contributed by atoms with van der Waals surface area (Å²) in [4.78, 5) is 37.7. The zero-order chi connectivity index (χ0) is 27.4. The molecule has 0 saturated heterocycles. The molecule has 11 nitrogen and oxygen atoms in total. The first kappa shape index (κ1) is 28.1. The van der Waals surface area contributed by atoms with Crippen molar-refractivity contribution in [2.75, 3.05) is 5.32 Å². The lowest BCUT2D eigenvalue weighted by molar-refractivity contribution is 0.0635. The summed E-state index contributed by atoms with van der Waals surface area (Å²) in [7, 11) is -3.95. The van der Waals surface area contributed by atoms with Crippen molar-refractivity contribution in [3.63, 3.8) is 0 Å². The molecule has 3 aromatic heterocycles. The monoisotopic (exact) mass is 548 g/mol. The third-order valence-corrected chi connectivity index (χ3v) is 6.20. The summed E-state index contributed by atoms with van der Waals surface area (Å²) in [5.41, 5.74) is 0.967. The smallest absolute Gasteiger partial charge is 0.412 e. The van der Waals surface area contributed by atoms with E-state index in [-0.39, 0.29) is 17.3 Å². The first-order valence-corrected chi connectivity index (χ1v) is 13.4. The van der Waals surface area contributed by atoms with Gasteiger partial charge in [-0.15, -0.1) is 0 Å². The molecule has 0 unspecified atom stereocenters. The highest BCUT2D eigenvalue weighted by Gasteiger charge is 2.19. The number of ether oxygens (including phenoxy) is 1. The lowest BCUT2D eigenvalue weighted by Crippen LogP contribution is -2.29. The van der Waals surface area contributed by atoms with Crippen LogP contribution < -0.4 is 10.0 Å². The Hall–Kier alpha value is -3.51. The van der Waals surface area contributed by atoms with Gasteiger partial charge < -0.3 is 9.30 Å². The molecule has 2 N–H and O–H groups in total. The predicted octanol–water partition coefficient (Wildman–Crippen LogP) is 4.56. The molecule has 3 aromatic rings. The minimum atomic E-state index is -3.95. The molecule has 0 bridgehead atoms. The number of aryl methyl sites for hydroxylation is 1. The molecule has 3 rings (SSSR count). The molecule has 0 spiro atoms. The molecule has 0 radical (unpaired) electrons. The number of hydrogen-bond acceptors (Lipinski definition) is 8. The van der Waals surface area contributed by atoms with E-state index in [0.29, 0.717) is 34.8 Å². The van der Waals surface area contributed by atoms with Crippen LogP contribution in [0.1, 0.15) is 62.5 Å². The lowest BCUT2D eigenvalue weighted by Gasteiger charge is -2.19. The van der Waals surface area contributed by atoms with Gasteiger partial charge in [-0.2, -0.15) is 0 Å². The van der Waals surface area contributed by atoms with E-state index >= 15 is 0 Å². The van der Waals surface area contributed by atoms with Gasteiger partial charge in [-0.25, -0.2) is 27.9 Å². The van der Waals surface area contributed by atoms with Crippen LogP contribution in [0.2, 0.25) is 5.02 Å². The van der Waals surface area contributed by atoms with Crippen LogP contribution in [-0.2, 0) is 21.3 Å². The SMILES string of the molecule is CCCC=CS(=O)(=O)NC(=O)c1ccc2nc(C)n(Cc3ncc(NC(=O)OC(C)(C)C)cc3Cl)c2n1. The Kier molecular flexibility index (Phi) is 8.54. The van der Waals surface area contributed by atoms with Gasteiger partial charge in [-0.3, -0.25) is 15.1 Å². The fraction of sp³-hybridized carbons (Fsp3) is 0.375. The Bertz CT molecular complexity index is 1460. The van der Waals surface area contributed by atoms with Gasteiger partial charge >= 0.3 is 6.09 Å². The number of aromatic nitrogens is 4. The van der Waals surface area contributed by atoms with E-state index in [1.54, 1.807) is 44.4 Å². The largest absolute Gasteiger partial charge is 0.444 e. The highest BCUT2D eigenvalue weighted by Crippen LogP contribution is 2.23. The quantitative estimate of drug-likeness (QED) is 0.416. The van der Waals surface area contributed by atoms with Crippen molar-refractivity contribution >= 4 is 50.5 Å². The summed E-state index contributed by atoms with van der Waals surface area (Å²) in [6, 6.07) is 4.54. The van der Waals surface area contributed by atoms with Crippen molar-refractivity contribution in [3.8, 4) is 0 Å². The first-order chi connectivity index (χ1) is 17.3. The van der Waals surface area contributed by atoms with Crippen LogP contribution in [0.3, 0.4) is 0 Å². The average Bonchev–Trinajstić information content (AvgIpc) is 3.08. The van der Waals surface area contributed by atoms with Gasteiger partial charge in [-0.1, -0.05) is 31.0 Å². The number of nitrogens with zero attached hydrogens (tertiary/aromatic N) is 4. The molecular formula is C24H29ClN6O5S. The van der Waals surface area contributed by atoms with E-state index in [0.717, 1.165) is 11.8 Å². The van der Waals surface area contributed by atoms with Crippen LogP contribution in [-0.4, -0.2) is 45.5 Å². The van der Waals surface area contributed by atoms with Crippen molar-refractivity contribution < 1.29 is 22.7 Å². The van der Waals surface area contributed by atoms with Gasteiger partial charge in [0.25, 0.3) is 15.9 Å². The second-order valence-electron chi connectivity index (χ2n) is 9.20. The fourth-order valence-corrected chi connectivity index (χ4v) is 4.28. The average molecular weight is 549 g/mol. The topological polar surface area (TPSA) is 145 Å². The Morgan fingerprint density at radius 2 is 1.95 bits per heavy atom. The molecule has 198 valence electrons. The molecule has 37 heavy (non-hydrogen) atoms. The van der Waals surface area contributed by atoms with Gasteiger partial charge in [0.15, 0.2) is 5.65 Å². The molecule has 0 aliphatic rings. The number of allylic oxidation sites excluding steroid dienone is 1. The van der Waals surface area contributed by atoms with Gasteiger partial charge in [-0.05, 0) is 52.3 Å². The van der Waals surface area contributed by atoms with Gasteiger partial charge in [0, 0.05) is 5.41 Å². The number of fused-ring (bicyclic) bond motifs is 1. The summed E-state index contributed by atoms with van der Waals surface area (Å²) in [6.45, 7) is 9.11. The van der Waals surface area contributed by atoms with Gasteiger partial charge in [0.2, 0.25) is 0 Å². The summed E-state index contributed by atoms with van der Waals surface area (Å²) in [5.74, 6) is -0.272. The second-order valence-corrected chi connectivity index (χ2v) is 11.2. The van der Waals surface area contributed by atoms with Gasteiger partial charge in [0.05, 0.1) is 29.1 Å². The third kappa shape index (κ3) is 7.73. The van der Waals surface area contributed by atoms with E-state index in [4.69, 9.17) is 16.3 Å². The van der Waals surface area contributed by atoms with Crippen molar-refractivity contribution in [1.29, 1.82) is 0 Å². The number of anilines is 1. The van der Waals surface area contributed by atoms with Crippen LogP contribution in [0, 0.1) is 6.92 Å². The maximum absolute atomic E-state index is 12.6. The molecule has 0 aliphatic heterocycles. The molecule has 13 heteroatoms. The first-order valence-electron chi connectivity index (χ1n) is 11.5. The number of nitrogens with one attached hydrogen (secondary N) is 2. The molecule has 0 aliphatic carbocycles. The highest BCUT2D eigenvalue weighted by molar-refractivity contribution is 7.92. The molecule has 0 fully saturated rings. The van der Waals surface area contributed by atoms with E-state index in [1.807, 2.05) is 11.6 Å². The minimum Gasteiger partial charge on any atom is -0.444 e. The van der Waals surface area contributed by atoms with E-state index in [1.165, 1.54) is 18.3 Å². The minimum absolute atomic E-state index is 0.0860. The number of sulfonamides is 1. The Balaban J connectivity index is 1.83. The number of imidazole rings is 1. The standard InChI is InChI=1S/C24H29ClN6O5S/c1-6-7-8-11-37(34,35)30-22(32)19-10-9-18-21(29-19)31(15(2)27-18)14-20-17(25)12-16(13-26-20)28-23(33)36-24(3,4)5/h8-13H,6-7,14H2,1-5H3,(H,28,33)(H,30,32). The number of hydrogen-bond donors (Lipinski definition) is 2. The van der Waals surface area contributed by atoms with E-state index < -0.39 is 27.6 Å². The molecular weight excluding hydrogens is 520 g/mol. The summed E-state index contributed by atoms with van der Waals surface area (Å²) >= 11 is 6.43. The number of pyridine rings is 2. The van der Waals surface area contributed by atoms with Crippen LogP contribution in [0.5, 0.6) is 0 Å². The van der Waals surface area contributed by atoms with Crippen LogP contribution >= 0.6 is 11.6 Å². The maximum atomic E-state index is 12.6. The molecule has 0 saturated carbocycles. The molecule has 3 heterocycles. The predicted molar refractivity (Wildman–Crippen MR) is 141 cm³/mol. The maximum Gasteiger partial charge on any atom is 0.412 e. The van der Waals surface area contributed by atoms with E-state index in [2.05, 4.69) is 20.3 Å². The van der Waals surface area contributed by atoms with Crippen molar-refractivity contribution in [2.45, 2.75) is 59.6 Å². The van der Waals surface area contributed by atoms with Crippen molar-refractivity contribution in [1.82, 2.24) is 24.2 Å². The number of halogens is 1. The zero-order valence-electron chi connectivity index (χ0n) is 21.2. The Morgan fingerprint density at radius 3 is 2.59 bits per heavy atom. The normalized spacial score (nSPS) is 12.2. The number of carbonyl (C=O) groups excluding carboxylic acids is 2. The van der Waals surface area contributed by atoms with Crippen molar-refractivity contribution in [2.24, 2.45) is 0 Å². The number of unbranched alkanes of at least 4 members (excludes halogenated alkanes) is 1.